The Kier molecular flexibility index (Phi) is 3.56. The third-order valence-electron chi connectivity index (χ3n) is 8.52. The van der Waals surface area contributed by atoms with Gasteiger partial charge in [0.2, 0.25) is 0 Å². The first-order chi connectivity index (χ1) is 13.4. The van der Waals surface area contributed by atoms with E-state index < -0.39 is 26.8 Å². The number of fused-ring (bicyclic) bond motifs is 1. The zero-order valence-corrected chi connectivity index (χ0v) is 19.0. The molecule has 2 fully saturated rings. The summed E-state index contributed by atoms with van der Waals surface area (Å²) in [5, 5.41) is 10.8. The van der Waals surface area contributed by atoms with Gasteiger partial charge < -0.3 is 24.2 Å². The number of likely N-dealkylation sites (N-methyl/N-ethyl adjacent to an activating group) is 1. The molecule has 6 heteroatoms. The third kappa shape index (κ3) is 1.68. The number of hydrogen-bond donors (Lipinski definition) is 1. The average molecular weight is 497 g/mol. The molecule has 0 aromatic heterocycles. The van der Waals surface area contributed by atoms with Gasteiger partial charge in [-0.1, -0.05) is 26.8 Å². The predicted octanol–water partition coefficient (Wildman–Crippen LogP) is 2.47. The fraction of sp³-hybridized carbons (Fsp3) is 0.682. The molecule has 0 amide bonds. The van der Waals surface area contributed by atoms with Crippen molar-refractivity contribution in [3.63, 3.8) is 0 Å². The number of piperidine rings is 1. The molecule has 1 N–H and O–H groups in total. The summed E-state index contributed by atoms with van der Waals surface area (Å²) in [6.07, 6.45) is 2.69. The molecule has 1 aromatic carbocycles. The van der Waals surface area contributed by atoms with Crippen molar-refractivity contribution in [1.82, 2.24) is 4.90 Å². The quantitative estimate of drug-likeness (QED) is 0.514. The minimum Gasteiger partial charge on any atom is -0.493 e. The second-order valence-electron chi connectivity index (χ2n) is 9.26. The van der Waals surface area contributed by atoms with Crippen LogP contribution in [0.25, 0.3) is 0 Å². The first-order valence-electron chi connectivity index (χ1n) is 10.2. The van der Waals surface area contributed by atoms with Gasteiger partial charge >= 0.3 is 0 Å². The highest BCUT2D eigenvalue weighted by molar-refractivity contribution is 14.2. The Morgan fingerprint density at radius 1 is 1.36 bits per heavy atom. The van der Waals surface area contributed by atoms with Crippen LogP contribution in [0.3, 0.4) is 0 Å². The van der Waals surface area contributed by atoms with Gasteiger partial charge in [-0.15, -0.1) is 0 Å². The van der Waals surface area contributed by atoms with Crippen molar-refractivity contribution in [3.8, 4) is 11.5 Å². The molecular formula is C22H28INO4. The maximum atomic E-state index is 10.8. The molecule has 1 saturated heterocycles. The fourth-order valence-corrected chi connectivity index (χ4v) is 12.1. The molecule has 4 heterocycles. The average Bonchev–Trinajstić information content (AvgIpc) is 3.07. The summed E-state index contributed by atoms with van der Waals surface area (Å²) in [7, 11) is 5.84. The number of likely N-dealkylation sites (tertiary alicyclic amines) is 1. The Morgan fingerprint density at radius 3 is 2.89 bits per heavy atom. The van der Waals surface area contributed by atoms with Gasteiger partial charge in [0.25, 0.3) is 0 Å². The van der Waals surface area contributed by atoms with Gasteiger partial charge in [-0.3, -0.25) is 0 Å². The second-order valence-corrected chi connectivity index (χ2v) is 12.2. The molecule has 5 nitrogen and oxygen atoms in total. The van der Waals surface area contributed by atoms with Crippen LogP contribution in [0.15, 0.2) is 12.1 Å². The van der Waals surface area contributed by atoms with Crippen LogP contribution in [0.2, 0.25) is 0 Å². The van der Waals surface area contributed by atoms with Gasteiger partial charge in [0.15, 0.2) is 15.1 Å². The number of aliphatic hydroxyl groups is 1. The van der Waals surface area contributed by atoms with Crippen LogP contribution in [0.5, 0.6) is 11.5 Å². The van der Waals surface area contributed by atoms with Crippen molar-refractivity contribution in [2.75, 3.05) is 27.8 Å². The molecule has 152 valence electrons. The van der Waals surface area contributed by atoms with E-state index in [4.69, 9.17) is 14.2 Å². The summed E-state index contributed by atoms with van der Waals surface area (Å²) in [5.41, 5.74) is 2.82. The van der Waals surface area contributed by atoms with Crippen LogP contribution in [-0.4, -0.2) is 63.7 Å². The maximum absolute atomic E-state index is 10.8. The number of halogens is 1. The fourth-order valence-electron chi connectivity index (χ4n) is 7.37. The van der Waals surface area contributed by atoms with Gasteiger partial charge in [0.05, 0.1) is 18.6 Å². The molecule has 4 aliphatic heterocycles. The standard InChI is InChI=1S/C22H28INO4/c1-12(25)14-10-20-11-23-22(14,27-4)19-21(20)7-8-24(2)16(20)9-13-5-6-15(26-3)18(28-19)17(13)21/h5-6,11-12,14,16,19,25H,7-10H2,1-4H3/t12?,14?,16?,19-,20?,21?,22?/m1/s1. The molecule has 2 spiro atoms. The summed E-state index contributed by atoms with van der Waals surface area (Å²) in [6.45, 7) is 3.02. The number of hydrogen-bond acceptors (Lipinski definition) is 5. The molecule has 0 radical (unpaired) electrons. The second kappa shape index (κ2) is 5.50. The normalized spacial score (nSPS) is 45.8. The van der Waals surface area contributed by atoms with Crippen LogP contribution >= 0.6 is 20.7 Å². The van der Waals surface area contributed by atoms with E-state index >= 15 is 0 Å². The first-order valence-corrected chi connectivity index (χ1v) is 12.6. The van der Waals surface area contributed by atoms with E-state index in [1.54, 1.807) is 7.11 Å². The van der Waals surface area contributed by atoms with Gasteiger partial charge in [0.1, 0.15) is 6.10 Å². The Morgan fingerprint density at radius 2 is 2.18 bits per heavy atom. The van der Waals surface area contributed by atoms with Crippen molar-refractivity contribution < 1.29 is 19.3 Å². The van der Waals surface area contributed by atoms with E-state index in [9.17, 15) is 5.11 Å². The molecule has 7 rings (SSSR count). The van der Waals surface area contributed by atoms with Gasteiger partial charge in [-0.05, 0) is 55.4 Å². The summed E-state index contributed by atoms with van der Waals surface area (Å²) in [4.78, 5) is 2.57. The van der Waals surface area contributed by atoms with Crippen molar-refractivity contribution >= 4 is 24.7 Å². The molecule has 2 aliphatic carbocycles. The largest absolute Gasteiger partial charge is 0.493 e. The van der Waals surface area contributed by atoms with Crippen molar-refractivity contribution in [1.29, 1.82) is 0 Å². The third-order valence-corrected chi connectivity index (χ3v) is 12.7. The Bertz CT molecular complexity index is 903. The van der Waals surface area contributed by atoms with E-state index in [1.807, 2.05) is 14.0 Å². The molecule has 6 aliphatic rings. The minimum atomic E-state index is -0.399. The minimum absolute atomic E-state index is 0.0299. The van der Waals surface area contributed by atoms with E-state index in [-0.39, 0.29) is 26.5 Å². The van der Waals surface area contributed by atoms with Crippen LogP contribution in [-0.2, 0) is 16.6 Å². The monoisotopic (exact) mass is 497 g/mol. The van der Waals surface area contributed by atoms with Gasteiger partial charge in [-0.25, -0.2) is 0 Å². The number of ether oxygens (including phenoxy) is 3. The topological polar surface area (TPSA) is 51.2 Å². The van der Waals surface area contributed by atoms with Crippen LogP contribution < -0.4 is 9.47 Å². The highest BCUT2D eigenvalue weighted by atomic mass is 127. The summed E-state index contributed by atoms with van der Waals surface area (Å²) in [6, 6.07) is 4.80. The zero-order chi connectivity index (χ0) is 19.5. The van der Waals surface area contributed by atoms with Crippen molar-refractivity contribution in [2.45, 2.75) is 53.5 Å². The lowest BCUT2D eigenvalue weighted by Gasteiger charge is -2.71. The molecule has 6 unspecified atom stereocenters. The van der Waals surface area contributed by atoms with Crippen LogP contribution in [0, 0.1) is 11.3 Å². The van der Waals surface area contributed by atoms with E-state index in [0.29, 0.717) is 6.04 Å². The number of rotatable bonds is 3. The summed E-state index contributed by atoms with van der Waals surface area (Å²) >= 11 is -0.392. The van der Waals surface area contributed by atoms with Crippen molar-refractivity contribution in [2.24, 2.45) is 11.3 Å². The summed E-state index contributed by atoms with van der Waals surface area (Å²) < 4.78 is 21.3. The number of alkyl halides is 1. The molecule has 7 atom stereocenters. The number of aliphatic hydroxyl groups excluding tert-OH is 1. The zero-order valence-electron chi connectivity index (χ0n) is 16.9. The Labute approximate surface area is 176 Å². The van der Waals surface area contributed by atoms with E-state index in [2.05, 4.69) is 28.1 Å². The number of nitrogens with zero attached hydrogens (tertiary/aromatic N) is 1. The lowest BCUT2D eigenvalue weighted by molar-refractivity contribution is -0.184. The Balaban J connectivity index is 1.71. The van der Waals surface area contributed by atoms with Crippen LogP contribution in [0.4, 0.5) is 0 Å². The molecule has 28 heavy (non-hydrogen) atoms. The van der Waals surface area contributed by atoms with E-state index in [1.165, 1.54) is 11.1 Å². The lowest BCUT2D eigenvalue weighted by atomic mass is 9.42. The van der Waals surface area contributed by atoms with Gasteiger partial charge in [0, 0.05) is 30.0 Å². The first kappa shape index (κ1) is 18.1. The van der Waals surface area contributed by atoms with Crippen molar-refractivity contribution in [3.05, 3.63) is 23.3 Å². The molecule has 1 saturated carbocycles. The maximum Gasteiger partial charge on any atom is 0.166 e. The number of methoxy groups -OCH3 is 2. The lowest BCUT2D eigenvalue weighted by Crippen LogP contribution is -2.79. The highest BCUT2D eigenvalue weighted by Gasteiger charge is 2.79. The van der Waals surface area contributed by atoms with Crippen LogP contribution in [0.1, 0.15) is 30.9 Å². The summed E-state index contributed by atoms with van der Waals surface area (Å²) in [5.74, 6) is 1.90. The number of benzene rings is 1. The molecule has 1 aromatic rings. The van der Waals surface area contributed by atoms with Gasteiger partial charge in [-0.2, -0.15) is 0 Å². The van der Waals surface area contributed by atoms with E-state index in [0.717, 1.165) is 37.3 Å². The predicted molar refractivity (Wildman–Crippen MR) is 116 cm³/mol. The SMILES string of the molecule is COc1ccc2c3c1O[C@H]1C4(OC)I=CC5(CC4C(C)O)C(C2)N(C)CCC315. The molecule has 4 bridgehead atoms. The highest BCUT2D eigenvalue weighted by Crippen LogP contribution is 2.75. The molecular weight excluding hydrogens is 469 g/mol. The smallest absolute Gasteiger partial charge is 0.166 e. The Hall–Kier alpha value is -0.700.